The molecule has 16 heavy (non-hydrogen) atoms. The third-order valence-corrected chi connectivity index (χ3v) is 2.89. The molecule has 2 heteroatoms. The lowest BCUT2D eigenvalue weighted by Crippen LogP contribution is -2.35. The van der Waals surface area contributed by atoms with Crippen molar-refractivity contribution in [3.63, 3.8) is 0 Å². The van der Waals surface area contributed by atoms with Crippen molar-refractivity contribution in [3.05, 3.63) is 0 Å². The van der Waals surface area contributed by atoms with Crippen LogP contribution in [0.2, 0.25) is 0 Å². The first-order valence-electron chi connectivity index (χ1n) is 7.13. The van der Waals surface area contributed by atoms with E-state index in [0.717, 1.165) is 19.5 Å². The second kappa shape index (κ2) is 11.4. The molecular weight excluding hydrogens is 196 g/mol. The fraction of sp³-hybridized carbons (Fsp3) is 1.00. The van der Waals surface area contributed by atoms with Gasteiger partial charge in [-0.15, -0.1) is 0 Å². The molecule has 0 spiro atoms. The summed E-state index contributed by atoms with van der Waals surface area (Å²) < 4.78 is 0. The van der Waals surface area contributed by atoms with E-state index < -0.39 is 0 Å². The standard InChI is InChI=1S/C14H32N2/c1-4-5-6-7-8-9-10-16-12-14(15)11-13(2)3/h13-14,16H,4-12,15H2,1-3H3. The average molecular weight is 228 g/mol. The molecule has 0 heterocycles. The third-order valence-electron chi connectivity index (χ3n) is 2.89. The molecule has 0 saturated carbocycles. The number of nitrogens with one attached hydrogen (secondary N) is 1. The van der Waals surface area contributed by atoms with Gasteiger partial charge in [0.25, 0.3) is 0 Å². The van der Waals surface area contributed by atoms with E-state index in [0.29, 0.717) is 12.0 Å². The Balaban J connectivity index is 3.08. The summed E-state index contributed by atoms with van der Waals surface area (Å²) in [5.41, 5.74) is 5.99. The maximum atomic E-state index is 5.99. The van der Waals surface area contributed by atoms with E-state index in [2.05, 4.69) is 26.1 Å². The molecule has 0 aliphatic rings. The molecule has 0 aliphatic heterocycles. The van der Waals surface area contributed by atoms with Gasteiger partial charge in [-0.1, -0.05) is 52.9 Å². The Kier molecular flexibility index (Phi) is 11.3. The van der Waals surface area contributed by atoms with Crippen molar-refractivity contribution < 1.29 is 0 Å². The molecule has 0 fully saturated rings. The van der Waals surface area contributed by atoms with Crippen molar-refractivity contribution in [1.82, 2.24) is 5.32 Å². The first-order valence-corrected chi connectivity index (χ1v) is 7.13. The van der Waals surface area contributed by atoms with Gasteiger partial charge < -0.3 is 11.1 Å². The summed E-state index contributed by atoms with van der Waals surface area (Å²) in [7, 11) is 0. The van der Waals surface area contributed by atoms with Gasteiger partial charge in [0, 0.05) is 12.6 Å². The largest absolute Gasteiger partial charge is 0.327 e. The normalized spacial score (nSPS) is 13.3. The zero-order valence-corrected chi connectivity index (χ0v) is 11.6. The van der Waals surface area contributed by atoms with Gasteiger partial charge in [-0.05, 0) is 25.3 Å². The van der Waals surface area contributed by atoms with Gasteiger partial charge in [-0.3, -0.25) is 0 Å². The highest BCUT2D eigenvalue weighted by Crippen LogP contribution is 2.04. The molecule has 0 bridgehead atoms. The fourth-order valence-corrected chi connectivity index (χ4v) is 2.01. The van der Waals surface area contributed by atoms with Gasteiger partial charge >= 0.3 is 0 Å². The molecule has 98 valence electrons. The highest BCUT2D eigenvalue weighted by Gasteiger charge is 2.03. The van der Waals surface area contributed by atoms with E-state index in [9.17, 15) is 0 Å². The topological polar surface area (TPSA) is 38.0 Å². The minimum atomic E-state index is 0.333. The van der Waals surface area contributed by atoms with Gasteiger partial charge in [0.15, 0.2) is 0 Å². The third kappa shape index (κ3) is 12.0. The molecule has 0 radical (unpaired) electrons. The van der Waals surface area contributed by atoms with Crippen molar-refractivity contribution in [2.24, 2.45) is 11.7 Å². The fourth-order valence-electron chi connectivity index (χ4n) is 2.01. The Labute approximate surface area is 102 Å². The van der Waals surface area contributed by atoms with Crippen LogP contribution in [0, 0.1) is 5.92 Å². The average Bonchev–Trinajstić information content (AvgIpc) is 2.21. The zero-order chi connectivity index (χ0) is 12.2. The quantitative estimate of drug-likeness (QED) is 0.532. The summed E-state index contributed by atoms with van der Waals surface area (Å²) in [5, 5.41) is 3.46. The van der Waals surface area contributed by atoms with Crippen LogP contribution in [0.1, 0.15) is 65.7 Å². The lowest BCUT2D eigenvalue weighted by atomic mass is 10.0. The summed E-state index contributed by atoms with van der Waals surface area (Å²) in [6, 6.07) is 0.333. The van der Waals surface area contributed by atoms with Gasteiger partial charge in [-0.25, -0.2) is 0 Å². The SMILES string of the molecule is CCCCCCCCNCC(N)CC(C)C. The molecule has 3 N–H and O–H groups in total. The van der Waals surface area contributed by atoms with Crippen LogP contribution < -0.4 is 11.1 Å². The molecule has 0 saturated heterocycles. The van der Waals surface area contributed by atoms with Gasteiger partial charge in [0.2, 0.25) is 0 Å². The van der Waals surface area contributed by atoms with Crippen LogP contribution >= 0.6 is 0 Å². The summed E-state index contributed by atoms with van der Waals surface area (Å²) in [6.45, 7) is 8.84. The maximum absolute atomic E-state index is 5.99. The predicted octanol–water partition coefficient (Wildman–Crippen LogP) is 3.31. The van der Waals surface area contributed by atoms with E-state index in [4.69, 9.17) is 5.73 Å². The second-order valence-electron chi connectivity index (χ2n) is 5.36. The molecule has 1 atom stereocenters. The number of hydrogen-bond donors (Lipinski definition) is 2. The van der Waals surface area contributed by atoms with Crippen LogP contribution in [0.5, 0.6) is 0 Å². The van der Waals surface area contributed by atoms with Crippen LogP contribution in [0.3, 0.4) is 0 Å². The summed E-state index contributed by atoms with van der Waals surface area (Å²) in [4.78, 5) is 0. The van der Waals surface area contributed by atoms with Gasteiger partial charge in [0.05, 0.1) is 0 Å². The van der Waals surface area contributed by atoms with Crippen LogP contribution in [0.4, 0.5) is 0 Å². The van der Waals surface area contributed by atoms with E-state index in [1.165, 1.54) is 38.5 Å². The van der Waals surface area contributed by atoms with E-state index in [1.807, 2.05) is 0 Å². The molecule has 0 rings (SSSR count). The Morgan fingerprint density at radius 2 is 1.62 bits per heavy atom. The number of rotatable bonds is 11. The lowest BCUT2D eigenvalue weighted by molar-refractivity contribution is 0.462. The van der Waals surface area contributed by atoms with Gasteiger partial charge in [-0.2, -0.15) is 0 Å². The summed E-state index contributed by atoms with van der Waals surface area (Å²) in [6.07, 6.45) is 9.33. The summed E-state index contributed by atoms with van der Waals surface area (Å²) >= 11 is 0. The monoisotopic (exact) mass is 228 g/mol. The highest BCUT2D eigenvalue weighted by molar-refractivity contribution is 4.66. The molecule has 1 unspecified atom stereocenters. The zero-order valence-electron chi connectivity index (χ0n) is 11.6. The van der Waals surface area contributed by atoms with Crippen molar-refractivity contribution in [3.8, 4) is 0 Å². The van der Waals surface area contributed by atoms with E-state index >= 15 is 0 Å². The lowest BCUT2D eigenvalue weighted by Gasteiger charge is -2.14. The first kappa shape index (κ1) is 15.9. The Hall–Kier alpha value is -0.0800. The molecular formula is C14H32N2. The van der Waals surface area contributed by atoms with Crippen molar-refractivity contribution >= 4 is 0 Å². The molecule has 2 nitrogen and oxygen atoms in total. The predicted molar refractivity (Wildman–Crippen MR) is 73.7 cm³/mol. The molecule has 0 amide bonds. The summed E-state index contributed by atoms with van der Waals surface area (Å²) in [5.74, 6) is 0.714. The smallest absolute Gasteiger partial charge is 0.0167 e. The highest BCUT2D eigenvalue weighted by atomic mass is 14.9. The first-order chi connectivity index (χ1) is 7.66. The molecule has 0 aromatic rings. The second-order valence-corrected chi connectivity index (χ2v) is 5.36. The number of nitrogens with two attached hydrogens (primary N) is 1. The molecule has 0 aromatic heterocycles. The Morgan fingerprint density at radius 1 is 1.00 bits per heavy atom. The van der Waals surface area contributed by atoms with Crippen molar-refractivity contribution in [2.45, 2.75) is 71.8 Å². The van der Waals surface area contributed by atoms with E-state index in [-0.39, 0.29) is 0 Å². The van der Waals surface area contributed by atoms with E-state index in [1.54, 1.807) is 0 Å². The van der Waals surface area contributed by atoms with Crippen molar-refractivity contribution in [2.75, 3.05) is 13.1 Å². The van der Waals surface area contributed by atoms with Gasteiger partial charge in [0.1, 0.15) is 0 Å². The Morgan fingerprint density at radius 3 is 2.25 bits per heavy atom. The van der Waals surface area contributed by atoms with Crippen molar-refractivity contribution in [1.29, 1.82) is 0 Å². The number of hydrogen-bond acceptors (Lipinski definition) is 2. The molecule has 0 aliphatic carbocycles. The Bertz CT molecular complexity index is 135. The van der Waals surface area contributed by atoms with Crippen LogP contribution in [0.15, 0.2) is 0 Å². The van der Waals surface area contributed by atoms with Crippen LogP contribution in [-0.4, -0.2) is 19.1 Å². The van der Waals surface area contributed by atoms with Crippen LogP contribution in [0.25, 0.3) is 0 Å². The number of unbranched alkanes of at least 4 members (excludes halogenated alkanes) is 5. The molecule has 0 aromatic carbocycles. The minimum Gasteiger partial charge on any atom is -0.327 e. The van der Waals surface area contributed by atoms with Crippen LogP contribution in [-0.2, 0) is 0 Å². The maximum Gasteiger partial charge on any atom is 0.0167 e. The minimum absolute atomic E-state index is 0.333.